The van der Waals surface area contributed by atoms with Crippen molar-refractivity contribution >= 4 is 46.4 Å². The second kappa shape index (κ2) is 11.3. The van der Waals surface area contributed by atoms with E-state index in [1.54, 1.807) is 23.6 Å². The summed E-state index contributed by atoms with van der Waals surface area (Å²) in [7, 11) is 0. The summed E-state index contributed by atoms with van der Waals surface area (Å²) in [6, 6.07) is 24.3. The maximum atomic E-state index is 14.0. The first kappa shape index (κ1) is 26.3. The van der Waals surface area contributed by atoms with Crippen LogP contribution in [-0.2, 0) is 9.53 Å². The smallest absolute Gasteiger partial charge is 0.338 e. The molecule has 2 aliphatic heterocycles. The van der Waals surface area contributed by atoms with Crippen molar-refractivity contribution in [2.24, 2.45) is 4.99 Å². The molecule has 1 saturated heterocycles. The number of thiazole rings is 1. The minimum atomic E-state index is -0.720. The van der Waals surface area contributed by atoms with Crippen LogP contribution in [0.3, 0.4) is 0 Å². The van der Waals surface area contributed by atoms with Gasteiger partial charge in [0.25, 0.3) is 5.56 Å². The molecule has 6 rings (SSSR count). The number of fused-ring (bicyclic) bond motifs is 1. The van der Waals surface area contributed by atoms with Crippen molar-refractivity contribution in [3.05, 3.63) is 126 Å². The Bertz CT molecular complexity index is 1750. The second-order valence-corrected chi connectivity index (χ2v) is 11.2. The lowest BCUT2D eigenvalue weighted by Gasteiger charge is -2.25. The number of hydrogen-bond acceptors (Lipinski definition) is 6. The number of halogens is 1. The van der Waals surface area contributed by atoms with Crippen molar-refractivity contribution in [1.29, 1.82) is 0 Å². The van der Waals surface area contributed by atoms with Gasteiger partial charge < -0.3 is 9.64 Å². The average molecular weight is 570 g/mol. The van der Waals surface area contributed by atoms with Gasteiger partial charge in [-0.15, -0.1) is 0 Å². The Morgan fingerprint density at radius 3 is 2.40 bits per heavy atom. The van der Waals surface area contributed by atoms with Crippen LogP contribution in [0, 0.1) is 0 Å². The first-order chi connectivity index (χ1) is 19.5. The topological polar surface area (TPSA) is 63.9 Å². The van der Waals surface area contributed by atoms with E-state index in [1.807, 2.05) is 60.7 Å². The van der Waals surface area contributed by atoms with Crippen LogP contribution in [-0.4, -0.2) is 30.2 Å². The van der Waals surface area contributed by atoms with Crippen LogP contribution in [0.4, 0.5) is 5.69 Å². The van der Waals surface area contributed by atoms with E-state index < -0.39 is 12.0 Å². The molecule has 0 N–H and O–H groups in total. The average Bonchev–Trinajstić information content (AvgIpc) is 3.62. The maximum Gasteiger partial charge on any atom is 0.338 e. The highest BCUT2D eigenvalue weighted by molar-refractivity contribution is 7.07. The molecular formula is C32H28ClN3O3S. The van der Waals surface area contributed by atoms with Gasteiger partial charge >= 0.3 is 5.97 Å². The predicted octanol–water partition coefficient (Wildman–Crippen LogP) is 5.19. The van der Waals surface area contributed by atoms with Crippen LogP contribution in [0.15, 0.2) is 94.2 Å². The molecule has 0 amide bonds. The number of hydrogen-bond donors (Lipinski definition) is 0. The quantitative estimate of drug-likeness (QED) is 0.300. The van der Waals surface area contributed by atoms with Crippen molar-refractivity contribution in [3.8, 4) is 0 Å². The normalized spacial score (nSPS) is 17.1. The van der Waals surface area contributed by atoms with Gasteiger partial charge in [-0.25, -0.2) is 9.79 Å². The number of ether oxygens (including phenoxy) is 1. The molecule has 0 unspecified atom stereocenters. The molecule has 3 aromatic carbocycles. The van der Waals surface area contributed by atoms with E-state index >= 15 is 0 Å². The van der Waals surface area contributed by atoms with Gasteiger partial charge in [-0.2, -0.15) is 0 Å². The number of carbonyl (C=O) groups excluding carboxylic acids is 1. The van der Waals surface area contributed by atoms with Gasteiger partial charge in [0, 0.05) is 29.4 Å². The lowest BCUT2D eigenvalue weighted by molar-refractivity contribution is -0.138. The lowest BCUT2D eigenvalue weighted by atomic mass is 9.93. The summed E-state index contributed by atoms with van der Waals surface area (Å²) < 4.78 is 7.67. The minimum absolute atomic E-state index is 0.204. The van der Waals surface area contributed by atoms with Crippen LogP contribution < -0.4 is 19.8 Å². The zero-order valence-electron chi connectivity index (χ0n) is 22.0. The first-order valence-electron chi connectivity index (χ1n) is 13.4. The Labute approximate surface area is 241 Å². The molecule has 0 saturated carbocycles. The molecule has 3 heterocycles. The zero-order valence-corrected chi connectivity index (χ0v) is 23.6. The van der Waals surface area contributed by atoms with E-state index in [4.69, 9.17) is 21.3 Å². The van der Waals surface area contributed by atoms with Gasteiger partial charge in [-0.1, -0.05) is 77.5 Å². The Morgan fingerprint density at radius 1 is 1.02 bits per heavy atom. The molecule has 40 heavy (non-hydrogen) atoms. The monoisotopic (exact) mass is 569 g/mol. The highest BCUT2D eigenvalue weighted by Gasteiger charge is 2.35. The molecule has 2 aliphatic rings. The molecule has 1 aromatic heterocycles. The third-order valence-corrected chi connectivity index (χ3v) is 8.46. The fraction of sp³-hybridized carbons (Fsp3) is 0.219. The maximum absolute atomic E-state index is 14.0. The van der Waals surface area contributed by atoms with Crippen molar-refractivity contribution in [1.82, 2.24) is 4.57 Å². The molecule has 0 bridgehead atoms. The molecule has 0 radical (unpaired) electrons. The summed E-state index contributed by atoms with van der Waals surface area (Å²) in [5.41, 5.74) is 4.28. The Balaban J connectivity index is 1.54. The molecule has 0 aliphatic carbocycles. The van der Waals surface area contributed by atoms with Crippen molar-refractivity contribution < 1.29 is 9.53 Å². The number of esters is 1. The van der Waals surface area contributed by atoms with Gasteiger partial charge in [0.1, 0.15) is 0 Å². The summed E-state index contributed by atoms with van der Waals surface area (Å²) >= 11 is 7.52. The van der Waals surface area contributed by atoms with Crippen LogP contribution in [0.2, 0.25) is 5.02 Å². The second-order valence-electron chi connectivity index (χ2n) is 9.77. The highest BCUT2D eigenvalue weighted by Crippen LogP contribution is 2.35. The molecular weight excluding hydrogens is 542 g/mol. The van der Waals surface area contributed by atoms with Gasteiger partial charge in [0.05, 0.1) is 28.5 Å². The lowest BCUT2D eigenvalue weighted by Crippen LogP contribution is -2.40. The van der Waals surface area contributed by atoms with Crippen LogP contribution >= 0.6 is 22.9 Å². The van der Waals surface area contributed by atoms with Crippen LogP contribution in [0.25, 0.3) is 11.8 Å². The molecule has 1 fully saturated rings. The fourth-order valence-corrected chi connectivity index (χ4v) is 6.44. The zero-order chi connectivity index (χ0) is 27.6. The molecule has 202 valence electrons. The Hall–Kier alpha value is -3.94. The number of anilines is 1. The van der Waals surface area contributed by atoms with E-state index in [9.17, 15) is 9.59 Å². The predicted molar refractivity (Wildman–Crippen MR) is 160 cm³/mol. The van der Waals surface area contributed by atoms with Crippen LogP contribution in [0.1, 0.15) is 42.5 Å². The summed E-state index contributed by atoms with van der Waals surface area (Å²) in [6.45, 7) is 4.13. The first-order valence-corrected chi connectivity index (χ1v) is 14.6. The van der Waals surface area contributed by atoms with Crippen molar-refractivity contribution in [2.45, 2.75) is 25.8 Å². The number of aromatic nitrogens is 1. The standard InChI is InChI=1S/C32H28ClN3O3S/c1-2-39-31(38)27-28(22-8-4-3-5-9-22)34-32-36(29(27)23-12-14-24(33)15-13-23)30(37)26(40-32)20-21-10-16-25(17-11-21)35-18-6-7-19-35/h3-5,8-17,20,29H,2,6-7,18-19H2,1H3/b26-20+/t29-/m1/s1. The van der Waals surface area contributed by atoms with Gasteiger partial charge in [0.2, 0.25) is 0 Å². The number of nitrogens with zero attached hydrogens (tertiary/aromatic N) is 3. The number of rotatable bonds is 6. The Kier molecular flexibility index (Phi) is 7.41. The van der Waals surface area contributed by atoms with E-state index in [0.717, 1.165) is 29.8 Å². The third kappa shape index (κ3) is 5.03. The molecule has 8 heteroatoms. The van der Waals surface area contributed by atoms with Crippen LogP contribution in [0.5, 0.6) is 0 Å². The summed E-state index contributed by atoms with van der Waals surface area (Å²) in [5, 5.41) is 0.568. The van der Waals surface area contributed by atoms with Gasteiger partial charge in [0.15, 0.2) is 4.80 Å². The summed E-state index contributed by atoms with van der Waals surface area (Å²) in [6.07, 6.45) is 4.33. The minimum Gasteiger partial charge on any atom is -0.463 e. The van der Waals surface area contributed by atoms with Gasteiger partial charge in [-0.05, 0) is 61.2 Å². The van der Waals surface area contributed by atoms with E-state index in [1.165, 1.54) is 29.9 Å². The fourth-order valence-electron chi connectivity index (χ4n) is 5.31. The highest BCUT2D eigenvalue weighted by atomic mass is 35.5. The van der Waals surface area contributed by atoms with Gasteiger partial charge in [-0.3, -0.25) is 9.36 Å². The molecule has 6 nitrogen and oxygen atoms in total. The number of carbonyl (C=O) groups is 1. The third-order valence-electron chi connectivity index (χ3n) is 7.22. The summed E-state index contributed by atoms with van der Waals surface area (Å²) in [4.78, 5) is 35.3. The van der Waals surface area contributed by atoms with E-state index in [2.05, 4.69) is 17.0 Å². The SMILES string of the molecule is CCOC(=O)C1=C(c2ccccc2)N=c2s/c(=C/c3ccc(N4CCCC4)cc3)c(=O)n2[C@@H]1c1ccc(Cl)cc1. The largest absolute Gasteiger partial charge is 0.463 e. The summed E-state index contributed by atoms with van der Waals surface area (Å²) in [5.74, 6) is -0.503. The van der Waals surface area contributed by atoms with E-state index in [0.29, 0.717) is 25.6 Å². The van der Waals surface area contributed by atoms with Crippen molar-refractivity contribution in [2.75, 3.05) is 24.6 Å². The molecule has 0 spiro atoms. The Morgan fingerprint density at radius 2 is 1.73 bits per heavy atom. The molecule has 1 atom stereocenters. The number of benzene rings is 3. The van der Waals surface area contributed by atoms with E-state index in [-0.39, 0.29) is 12.2 Å². The molecule has 4 aromatic rings. The van der Waals surface area contributed by atoms with Crippen molar-refractivity contribution in [3.63, 3.8) is 0 Å².